The largest absolute Gasteiger partial charge is 0.496 e. The van der Waals surface area contributed by atoms with E-state index in [2.05, 4.69) is 26.2 Å². The van der Waals surface area contributed by atoms with Gasteiger partial charge in [-0.15, -0.1) is 0 Å². The number of nitro benzene ring substituents is 1. The summed E-state index contributed by atoms with van der Waals surface area (Å²) in [6.07, 6.45) is 0. The SMILES string of the molecule is COc1ccc(Br)cc1C(=O)Nc1nc2c(OC)cc([N+](=O)[O-])cc2s1. The third-order valence-electron chi connectivity index (χ3n) is 3.50. The number of nitrogens with one attached hydrogen (secondary N) is 1. The van der Waals surface area contributed by atoms with Crippen molar-refractivity contribution in [2.24, 2.45) is 0 Å². The minimum atomic E-state index is -0.508. The number of hydrogen-bond donors (Lipinski definition) is 1. The molecule has 8 nitrogen and oxygen atoms in total. The second-order valence-electron chi connectivity index (χ2n) is 5.07. The molecule has 1 amide bonds. The Hall–Kier alpha value is -2.72. The van der Waals surface area contributed by atoms with Gasteiger partial charge in [-0.1, -0.05) is 27.3 Å². The number of anilines is 1. The van der Waals surface area contributed by atoms with Crippen LogP contribution in [-0.4, -0.2) is 30.0 Å². The smallest absolute Gasteiger partial charge is 0.274 e. The molecule has 0 aliphatic rings. The summed E-state index contributed by atoms with van der Waals surface area (Å²) in [5.74, 6) is 0.279. The van der Waals surface area contributed by atoms with Crippen LogP contribution in [0.5, 0.6) is 11.5 Å². The Morgan fingerprint density at radius 3 is 2.62 bits per heavy atom. The van der Waals surface area contributed by atoms with Crippen LogP contribution in [0, 0.1) is 10.1 Å². The molecule has 0 saturated carbocycles. The summed E-state index contributed by atoms with van der Waals surface area (Å²) >= 11 is 4.44. The van der Waals surface area contributed by atoms with Crippen LogP contribution in [0.25, 0.3) is 10.2 Å². The number of methoxy groups -OCH3 is 2. The molecule has 0 unspecified atom stereocenters. The lowest BCUT2D eigenvalue weighted by atomic mass is 10.2. The molecule has 10 heteroatoms. The van der Waals surface area contributed by atoms with Gasteiger partial charge in [-0.25, -0.2) is 4.98 Å². The Kier molecular flexibility index (Phi) is 5.05. The lowest BCUT2D eigenvalue weighted by molar-refractivity contribution is -0.384. The van der Waals surface area contributed by atoms with E-state index in [-0.39, 0.29) is 11.4 Å². The number of amides is 1. The Balaban J connectivity index is 1.98. The Bertz CT molecular complexity index is 1020. The third kappa shape index (κ3) is 3.46. The van der Waals surface area contributed by atoms with Gasteiger partial charge in [-0.05, 0) is 18.2 Å². The highest BCUT2D eigenvalue weighted by atomic mass is 79.9. The summed E-state index contributed by atoms with van der Waals surface area (Å²) in [5, 5.41) is 14.0. The molecule has 0 fully saturated rings. The quantitative estimate of drug-likeness (QED) is 0.472. The summed E-state index contributed by atoms with van der Waals surface area (Å²) in [5.41, 5.74) is 0.670. The number of hydrogen-bond acceptors (Lipinski definition) is 7. The van der Waals surface area contributed by atoms with Crippen molar-refractivity contribution in [1.82, 2.24) is 4.98 Å². The van der Waals surface area contributed by atoms with E-state index in [1.54, 1.807) is 18.2 Å². The van der Waals surface area contributed by atoms with E-state index in [0.717, 1.165) is 15.8 Å². The number of ether oxygens (including phenoxy) is 2. The summed E-state index contributed by atoms with van der Waals surface area (Å²) in [6.45, 7) is 0. The molecule has 1 heterocycles. The molecule has 0 radical (unpaired) electrons. The molecule has 0 aliphatic heterocycles. The van der Waals surface area contributed by atoms with Crippen molar-refractivity contribution in [2.45, 2.75) is 0 Å². The molecular formula is C16H12BrN3O5S. The number of halogens is 1. The molecule has 2 aromatic carbocycles. The molecular weight excluding hydrogens is 426 g/mol. The lowest BCUT2D eigenvalue weighted by Crippen LogP contribution is -2.13. The maximum absolute atomic E-state index is 12.6. The average molecular weight is 438 g/mol. The summed E-state index contributed by atoms with van der Waals surface area (Å²) in [4.78, 5) is 27.4. The number of aromatic nitrogens is 1. The molecule has 3 rings (SSSR count). The van der Waals surface area contributed by atoms with Crippen LogP contribution >= 0.6 is 27.3 Å². The number of nitrogens with zero attached hydrogens (tertiary/aromatic N) is 2. The standard InChI is InChI=1S/C16H12BrN3O5S/c1-24-11-4-3-8(17)5-10(11)15(21)19-16-18-14-12(25-2)6-9(20(22)23)7-13(14)26-16/h3-7H,1-2H3,(H,18,19,21). The average Bonchev–Trinajstić information content (AvgIpc) is 3.02. The van der Waals surface area contributed by atoms with E-state index >= 15 is 0 Å². The van der Waals surface area contributed by atoms with Crippen molar-refractivity contribution in [2.75, 3.05) is 19.5 Å². The number of fused-ring (bicyclic) bond motifs is 1. The van der Waals surface area contributed by atoms with Crippen LogP contribution in [0.15, 0.2) is 34.8 Å². The second-order valence-corrected chi connectivity index (χ2v) is 7.02. The van der Waals surface area contributed by atoms with Gasteiger partial charge in [0.1, 0.15) is 11.3 Å². The van der Waals surface area contributed by atoms with Crippen molar-refractivity contribution in [3.8, 4) is 11.5 Å². The van der Waals surface area contributed by atoms with Gasteiger partial charge < -0.3 is 9.47 Å². The van der Waals surface area contributed by atoms with Crippen molar-refractivity contribution in [1.29, 1.82) is 0 Å². The topological polar surface area (TPSA) is 104 Å². The van der Waals surface area contributed by atoms with Gasteiger partial charge in [-0.3, -0.25) is 20.2 Å². The maximum Gasteiger partial charge on any atom is 0.274 e. The first-order valence-corrected chi connectivity index (χ1v) is 8.81. The first-order chi connectivity index (χ1) is 12.4. The van der Waals surface area contributed by atoms with E-state index in [4.69, 9.17) is 9.47 Å². The summed E-state index contributed by atoms with van der Waals surface area (Å²) in [6, 6.07) is 7.75. The minimum absolute atomic E-state index is 0.107. The van der Waals surface area contributed by atoms with Gasteiger partial charge in [0.15, 0.2) is 10.9 Å². The van der Waals surface area contributed by atoms with E-state index in [9.17, 15) is 14.9 Å². The molecule has 0 aliphatic carbocycles. The zero-order valence-electron chi connectivity index (χ0n) is 13.6. The number of benzene rings is 2. The predicted octanol–water partition coefficient (Wildman–Crippen LogP) is 4.24. The number of carbonyl (C=O) groups excluding carboxylic acids is 1. The zero-order chi connectivity index (χ0) is 18.8. The maximum atomic E-state index is 12.6. The predicted molar refractivity (Wildman–Crippen MR) is 101 cm³/mol. The van der Waals surface area contributed by atoms with Gasteiger partial charge in [-0.2, -0.15) is 0 Å². The molecule has 0 saturated heterocycles. The van der Waals surface area contributed by atoms with Crippen LogP contribution < -0.4 is 14.8 Å². The van der Waals surface area contributed by atoms with Crippen LogP contribution in [0.4, 0.5) is 10.8 Å². The molecule has 3 aromatic rings. The highest BCUT2D eigenvalue weighted by Gasteiger charge is 2.19. The molecule has 134 valence electrons. The normalized spacial score (nSPS) is 10.6. The molecule has 0 bridgehead atoms. The summed E-state index contributed by atoms with van der Waals surface area (Å²) in [7, 11) is 2.88. The van der Waals surface area contributed by atoms with E-state index in [1.165, 1.54) is 26.4 Å². The van der Waals surface area contributed by atoms with Crippen LogP contribution in [0.2, 0.25) is 0 Å². The first kappa shape index (κ1) is 18.1. The van der Waals surface area contributed by atoms with Gasteiger partial charge in [0.2, 0.25) is 0 Å². The van der Waals surface area contributed by atoms with Crippen LogP contribution in [0.1, 0.15) is 10.4 Å². The van der Waals surface area contributed by atoms with Crippen molar-refractivity contribution < 1.29 is 19.2 Å². The van der Waals surface area contributed by atoms with E-state index in [0.29, 0.717) is 26.7 Å². The number of non-ortho nitro benzene ring substituents is 1. The highest BCUT2D eigenvalue weighted by Crippen LogP contribution is 2.36. The number of nitro groups is 1. The second kappa shape index (κ2) is 7.26. The summed E-state index contributed by atoms with van der Waals surface area (Å²) < 4.78 is 11.6. The van der Waals surface area contributed by atoms with E-state index in [1.807, 2.05) is 0 Å². The van der Waals surface area contributed by atoms with Crippen LogP contribution in [-0.2, 0) is 0 Å². The van der Waals surface area contributed by atoms with Gasteiger partial charge in [0.25, 0.3) is 11.6 Å². The van der Waals surface area contributed by atoms with Crippen molar-refractivity contribution in [3.63, 3.8) is 0 Å². The van der Waals surface area contributed by atoms with E-state index < -0.39 is 10.8 Å². The minimum Gasteiger partial charge on any atom is -0.496 e. The molecule has 1 aromatic heterocycles. The number of rotatable bonds is 5. The fraction of sp³-hybridized carbons (Fsp3) is 0.125. The van der Waals surface area contributed by atoms with Gasteiger partial charge >= 0.3 is 0 Å². The van der Waals surface area contributed by atoms with Crippen LogP contribution in [0.3, 0.4) is 0 Å². The monoisotopic (exact) mass is 437 g/mol. The Morgan fingerprint density at radius 1 is 1.23 bits per heavy atom. The Labute approximate surface area is 160 Å². The zero-order valence-corrected chi connectivity index (χ0v) is 16.0. The van der Waals surface area contributed by atoms with Crippen molar-refractivity contribution >= 4 is 54.2 Å². The number of carbonyl (C=O) groups is 1. The number of thiazole rings is 1. The Morgan fingerprint density at radius 2 is 1.96 bits per heavy atom. The fourth-order valence-electron chi connectivity index (χ4n) is 2.32. The molecule has 1 N–H and O–H groups in total. The third-order valence-corrected chi connectivity index (χ3v) is 4.91. The van der Waals surface area contributed by atoms with Gasteiger partial charge in [0, 0.05) is 10.5 Å². The molecule has 0 atom stereocenters. The highest BCUT2D eigenvalue weighted by molar-refractivity contribution is 9.10. The van der Waals surface area contributed by atoms with Crippen molar-refractivity contribution in [3.05, 3.63) is 50.5 Å². The molecule has 0 spiro atoms. The van der Waals surface area contributed by atoms with Gasteiger partial charge in [0.05, 0.1) is 35.5 Å². The first-order valence-electron chi connectivity index (χ1n) is 7.20. The lowest BCUT2D eigenvalue weighted by Gasteiger charge is -2.08. The molecule has 26 heavy (non-hydrogen) atoms. The fourth-order valence-corrected chi connectivity index (χ4v) is 3.59.